The Morgan fingerprint density at radius 1 is 1.35 bits per heavy atom. The highest BCUT2D eigenvalue weighted by atomic mass is 16.5. The van der Waals surface area contributed by atoms with Gasteiger partial charge in [-0.25, -0.2) is 4.79 Å². The van der Waals surface area contributed by atoms with Crippen LogP contribution in [0.3, 0.4) is 0 Å². The number of carboxylic acids is 1. The van der Waals surface area contributed by atoms with Gasteiger partial charge in [-0.05, 0) is 25.5 Å². The highest BCUT2D eigenvalue weighted by Crippen LogP contribution is 2.19. The van der Waals surface area contributed by atoms with Gasteiger partial charge in [0.05, 0.1) is 6.61 Å². The van der Waals surface area contributed by atoms with Crippen molar-refractivity contribution in [3.63, 3.8) is 0 Å². The van der Waals surface area contributed by atoms with Gasteiger partial charge in [-0.15, -0.1) is 0 Å². The summed E-state index contributed by atoms with van der Waals surface area (Å²) in [4.78, 5) is 22.5. The molecule has 0 spiro atoms. The van der Waals surface area contributed by atoms with Crippen molar-refractivity contribution in [3.05, 3.63) is 35.9 Å². The highest BCUT2D eigenvalue weighted by Gasteiger charge is 2.15. The Bertz CT molecular complexity index is 496. The Balaban J connectivity index is 2.72. The molecule has 5 nitrogen and oxygen atoms in total. The summed E-state index contributed by atoms with van der Waals surface area (Å²) in [5.41, 5.74) is 0.771. The van der Waals surface area contributed by atoms with Crippen molar-refractivity contribution < 1.29 is 19.4 Å². The fourth-order valence-corrected chi connectivity index (χ4v) is 1.63. The summed E-state index contributed by atoms with van der Waals surface area (Å²) in [6.07, 6.45) is 3.25. The van der Waals surface area contributed by atoms with Crippen LogP contribution in [-0.4, -0.2) is 29.6 Å². The second kappa shape index (κ2) is 7.99. The summed E-state index contributed by atoms with van der Waals surface area (Å²) in [5.74, 6) is -0.793. The lowest BCUT2D eigenvalue weighted by molar-refractivity contribution is -0.141. The van der Waals surface area contributed by atoms with E-state index in [0.717, 1.165) is 5.56 Å². The molecule has 0 bridgehead atoms. The van der Waals surface area contributed by atoms with Gasteiger partial charge in [0.25, 0.3) is 0 Å². The number of hydrogen-bond donors (Lipinski definition) is 2. The number of ether oxygens (including phenoxy) is 1. The van der Waals surface area contributed by atoms with Gasteiger partial charge in [0, 0.05) is 11.6 Å². The maximum absolute atomic E-state index is 11.7. The van der Waals surface area contributed by atoms with E-state index in [1.165, 1.54) is 6.08 Å². The van der Waals surface area contributed by atoms with Crippen molar-refractivity contribution in [2.75, 3.05) is 6.61 Å². The van der Waals surface area contributed by atoms with E-state index >= 15 is 0 Å². The molecule has 1 amide bonds. The maximum atomic E-state index is 11.7. The summed E-state index contributed by atoms with van der Waals surface area (Å²) in [6.45, 7) is 4.12. The van der Waals surface area contributed by atoms with E-state index in [1.807, 2.05) is 31.2 Å². The molecule has 1 aromatic carbocycles. The topological polar surface area (TPSA) is 75.6 Å². The van der Waals surface area contributed by atoms with Crippen LogP contribution >= 0.6 is 0 Å². The Morgan fingerprint density at radius 2 is 2.05 bits per heavy atom. The molecule has 1 rings (SSSR count). The molecule has 5 heteroatoms. The summed E-state index contributed by atoms with van der Waals surface area (Å²) < 4.78 is 5.43. The molecule has 1 aromatic rings. The zero-order chi connectivity index (χ0) is 15.0. The lowest BCUT2D eigenvalue weighted by Crippen LogP contribution is -2.39. The van der Waals surface area contributed by atoms with Gasteiger partial charge in [-0.1, -0.05) is 25.1 Å². The molecule has 0 saturated heterocycles. The van der Waals surface area contributed by atoms with E-state index in [1.54, 1.807) is 13.0 Å². The molecular formula is C15H19NO4. The van der Waals surface area contributed by atoms with Crippen molar-refractivity contribution >= 4 is 18.0 Å². The first-order valence-corrected chi connectivity index (χ1v) is 6.51. The second-order valence-corrected chi connectivity index (χ2v) is 4.11. The Labute approximate surface area is 118 Å². The van der Waals surface area contributed by atoms with Gasteiger partial charge in [-0.3, -0.25) is 4.79 Å². The number of rotatable bonds is 7. The molecule has 0 aliphatic rings. The molecule has 20 heavy (non-hydrogen) atoms. The molecule has 0 aromatic heterocycles. The summed E-state index contributed by atoms with van der Waals surface area (Å²) in [7, 11) is 0. The fourth-order valence-electron chi connectivity index (χ4n) is 1.63. The van der Waals surface area contributed by atoms with Crippen LogP contribution in [0.4, 0.5) is 0 Å². The number of carbonyl (C=O) groups is 2. The molecular weight excluding hydrogens is 258 g/mol. The van der Waals surface area contributed by atoms with Gasteiger partial charge in [0.1, 0.15) is 11.8 Å². The number of carboxylic acid groups (broad SMARTS) is 1. The van der Waals surface area contributed by atoms with Crippen LogP contribution in [0.5, 0.6) is 5.75 Å². The van der Waals surface area contributed by atoms with Crippen LogP contribution in [0.1, 0.15) is 25.8 Å². The van der Waals surface area contributed by atoms with Gasteiger partial charge in [-0.2, -0.15) is 0 Å². The Morgan fingerprint density at radius 3 is 2.65 bits per heavy atom. The minimum atomic E-state index is -1.04. The minimum Gasteiger partial charge on any atom is -0.493 e. The number of benzene rings is 1. The van der Waals surface area contributed by atoms with Gasteiger partial charge in [0.15, 0.2) is 0 Å². The van der Waals surface area contributed by atoms with Crippen LogP contribution in [0.2, 0.25) is 0 Å². The molecule has 108 valence electrons. The lowest BCUT2D eigenvalue weighted by Gasteiger charge is -2.10. The zero-order valence-corrected chi connectivity index (χ0v) is 11.6. The number of nitrogens with one attached hydrogen (secondary N) is 1. The number of carbonyl (C=O) groups excluding carboxylic acids is 1. The third-order valence-electron chi connectivity index (χ3n) is 2.66. The van der Waals surface area contributed by atoms with E-state index in [9.17, 15) is 9.59 Å². The highest BCUT2D eigenvalue weighted by molar-refractivity contribution is 5.94. The first-order valence-electron chi connectivity index (χ1n) is 6.51. The van der Waals surface area contributed by atoms with Crippen molar-refractivity contribution in [2.24, 2.45) is 0 Å². The van der Waals surface area contributed by atoms with Crippen LogP contribution in [0.25, 0.3) is 6.08 Å². The summed E-state index contributed by atoms with van der Waals surface area (Å²) in [6, 6.07) is 6.46. The smallest absolute Gasteiger partial charge is 0.326 e. The van der Waals surface area contributed by atoms with Gasteiger partial charge in [0.2, 0.25) is 5.91 Å². The monoisotopic (exact) mass is 277 g/mol. The number of amides is 1. The molecule has 0 radical (unpaired) electrons. The van der Waals surface area contributed by atoms with Crippen molar-refractivity contribution in [1.82, 2.24) is 5.32 Å². The first kappa shape index (κ1) is 15.8. The van der Waals surface area contributed by atoms with Crippen molar-refractivity contribution in [2.45, 2.75) is 26.3 Å². The maximum Gasteiger partial charge on any atom is 0.326 e. The molecule has 0 heterocycles. The normalized spacial score (nSPS) is 12.1. The SMILES string of the molecule is CCOc1ccccc1/C=C/C(=O)N[C@@H](CC)C(=O)O. The summed E-state index contributed by atoms with van der Waals surface area (Å²) in [5, 5.41) is 11.3. The predicted octanol–water partition coefficient (Wildman–Crippen LogP) is 2.08. The van der Waals surface area contributed by atoms with Crippen LogP contribution in [0, 0.1) is 0 Å². The van der Waals surface area contributed by atoms with E-state index in [0.29, 0.717) is 18.8 Å². The summed E-state index contributed by atoms with van der Waals surface area (Å²) >= 11 is 0. The van der Waals surface area contributed by atoms with Crippen molar-refractivity contribution in [3.8, 4) is 5.75 Å². The van der Waals surface area contributed by atoms with E-state index in [-0.39, 0.29) is 0 Å². The second-order valence-electron chi connectivity index (χ2n) is 4.11. The van der Waals surface area contributed by atoms with Gasteiger partial charge < -0.3 is 15.2 Å². The lowest BCUT2D eigenvalue weighted by atomic mass is 10.2. The molecule has 1 atom stereocenters. The molecule has 0 aliphatic carbocycles. The standard InChI is InChI=1S/C15H19NO4/c1-3-12(15(18)19)16-14(17)10-9-11-7-5-6-8-13(11)20-4-2/h5-10,12H,3-4H2,1-2H3,(H,16,17)(H,18,19)/b10-9+/t12-/m0/s1. The predicted molar refractivity (Wildman–Crippen MR) is 76.5 cm³/mol. The van der Waals surface area contributed by atoms with E-state index in [4.69, 9.17) is 9.84 Å². The zero-order valence-electron chi connectivity index (χ0n) is 11.6. The van der Waals surface area contributed by atoms with E-state index in [2.05, 4.69) is 5.32 Å². The Hall–Kier alpha value is -2.30. The third kappa shape index (κ3) is 4.76. The average Bonchev–Trinajstić information content (AvgIpc) is 2.43. The van der Waals surface area contributed by atoms with Crippen molar-refractivity contribution in [1.29, 1.82) is 0 Å². The number of hydrogen-bond acceptors (Lipinski definition) is 3. The van der Waals surface area contributed by atoms with Crippen LogP contribution in [-0.2, 0) is 9.59 Å². The van der Waals surface area contributed by atoms with Crippen LogP contribution < -0.4 is 10.1 Å². The van der Waals surface area contributed by atoms with Gasteiger partial charge >= 0.3 is 5.97 Å². The van der Waals surface area contributed by atoms with Crippen LogP contribution in [0.15, 0.2) is 30.3 Å². The minimum absolute atomic E-state index is 0.338. The number of aliphatic carboxylic acids is 1. The number of para-hydroxylation sites is 1. The van der Waals surface area contributed by atoms with E-state index < -0.39 is 17.9 Å². The quantitative estimate of drug-likeness (QED) is 0.748. The average molecular weight is 277 g/mol. The third-order valence-corrected chi connectivity index (χ3v) is 2.66. The molecule has 2 N–H and O–H groups in total. The Kier molecular flexibility index (Phi) is 6.29. The molecule has 0 unspecified atom stereocenters. The molecule has 0 aliphatic heterocycles. The first-order chi connectivity index (χ1) is 9.58. The molecule has 0 saturated carbocycles. The largest absolute Gasteiger partial charge is 0.493 e. The molecule has 0 fully saturated rings. The fraction of sp³-hybridized carbons (Fsp3) is 0.333.